The highest BCUT2D eigenvalue weighted by Crippen LogP contribution is 2.28. The van der Waals surface area contributed by atoms with E-state index in [-0.39, 0.29) is 12.5 Å². The van der Waals surface area contributed by atoms with Crippen molar-refractivity contribution in [2.24, 2.45) is 5.10 Å². The second-order valence-electron chi connectivity index (χ2n) is 6.12. The van der Waals surface area contributed by atoms with E-state index in [0.29, 0.717) is 29.4 Å². The highest BCUT2D eigenvalue weighted by molar-refractivity contribution is 6.35. The zero-order valence-electron chi connectivity index (χ0n) is 17.0. The molecule has 2 rings (SSSR count). The van der Waals surface area contributed by atoms with Gasteiger partial charge in [-0.2, -0.15) is 5.10 Å². The Balaban J connectivity index is 1.99. The van der Waals surface area contributed by atoms with Crippen LogP contribution in [0.15, 0.2) is 47.6 Å². The standard InChI is InChI=1S/C21H24N4O5/c1-4-29-18-11-15(12-23-25-21(28)20(27)22-3)8-9-17(18)30-13-19(26)24-16-7-5-6-14(2)10-16/h5-12H,4,13H2,1-3H3,(H,22,27)(H,24,26)(H,25,28)/b23-12-. The first-order valence-electron chi connectivity index (χ1n) is 9.24. The van der Waals surface area contributed by atoms with E-state index in [2.05, 4.69) is 21.2 Å². The van der Waals surface area contributed by atoms with Crippen molar-refractivity contribution in [3.63, 3.8) is 0 Å². The molecule has 0 bridgehead atoms. The van der Waals surface area contributed by atoms with Crippen LogP contribution in [0, 0.1) is 6.92 Å². The van der Waals surface area contributed by atoms with E-state index in [1.54, 1.807) is 24.3 Å². The SMILES string of the molecule is CCOc1cc(/C=N\NC(=O)C(=O)NC)ccc1OCC(=O)Nc1cccc(C)c1. The number of rotatable bonds is 8. The molecule has 9 heteroatoms. The lowest BCUT2D eigenvalue weighted by molar-refractivity contribution is -0.138. The van der Waals surface area contributed by atoms with E-state index in [1.165, 1.54) is 13.3 Å². The fourth-order valence-electron chi connectivity index (χ4n) is 2.39. The van der Waals surface area contributed by atoms with Crippen molar-refractivity contribution in [2.45, 2.75) is 13.8 Å². The number of benzene rings is 2. The number of nitrogens with zero attached hydrogens (tertiary/aromatic N) is 1. The predicted octanol–water partition coefficient (Wildman–Crippen LogP) is 1.61. The van der Waals surface area contributed by atoms with Gasteiger partial charge in [0.15, 0.2) is 18.1 Å². The van der Waals surface area contributed by atoms with Crippen LogP contribution in [0.4, 0.5) is 5.69 Å². The maximum absolute atomic E-state index is 12.1. The number of hydrogen-bond donors (Lipinski definition) is 3. The average Bonchev–Trinajstić information content (AvgIpc) is 2.72. The third kappa shape index (κ3) is 6.93. The van der Waals surface area contributed by atoms with Crippen LogP contribution in [0.3, 0.4) is 0 Å². The number of carbonyl (C=O) groups excluding carboxylic acids is 3. The van der Waals surface area contributed by atoms with E-state index in [0.717, 1.165) is 5.56 Å². The summed E-state index contributed by atoms with van der Waals surface area (Å²) in [6, 6.07) is 12.4. The zero-order valence-corrected chi connectivity index (χ0v) is 17.0. The van der Waals surface area contributed by atoms with Crippen LogP contribution in [0.1, 0.15) is 18.1 Å². The quantitative estimate of drug-likeness (QED) is 0.346. The number of anilines is 1. The Labute approximate surface area is 174 Å². The first kappa shape index (κ1) is 22.4. The van der Waals surface area contributed by atoms with Gasteiger partial charge >= 0.3 is 11.8 Å². The van der Waals surface area contributed by atoms with Crippen molar-refractivity contribution < 1.29 is 23.9 Å². The minimum absolute atomic E-state index is 0.191. The molecular weight excluding hydrogens is 388 g/mol. The van der Waals surface area contributed by atoms with Gasteiger partial charge in [-0.3, -0.25) is 14.4 Å². The number of hydrazone groups is 1. The van der Waals surface area contributed by atoms with Gasteiger partial charge in [0, 0.05) is 12.7 Å². The lowest BCUT2D eigenvalue weighted by Crippen LogP contribution is -2.35. The number of amides is 3. The van der Waals surface area contributed by atoms with Gasteiger partial charge in [-0.1, -0.05) is 12.1 Å². The van der Waals surface area contributed by atoms with Gasteiger partial charge in [-0.05, 0) is 55.3 Å². The van der Waals surface area contributed by atoms with Crippen LogP contribution in [0.5, 0.6) is 11.5 Å². The molecule has 9 nitrogen and oxygen atoms in total. The molecule has 3 N–H and O–H groups in total. The monoisotopic (exact) mass is 412 g/mol. The molecule has 0 atom stereocenters. The lowest BCUT2D eigenvalue weighted by atomic mass is 10.2. The van der Waals surface area contributed by atoms with Crippen molar-refractivity contribution >= 4 is 29.6 Å². The Morgan fingerprint density at radius 1 is 1.03 bits per heavy atom. The molecule has 0 fully saturated rings. The second-order valence-corrected chi connectivity index (χ2v) is 6.12. The minimum atomic E-state index is -0.877. The van der Waals surface area contributed by atoms with Gasteiger partial charge in [-0.15, -0.1) is 0 Å². The summed E-state index contributed by atoms with van der Waals surface area (Å²) in [5, 5.41) is 8.69. The average molecular weight is 412 g/mol. The summed E-state index contributed by atoms with van der Waals surface area (Å²) in [5.74, 6) is -1.16. The summed E-state index contributed by atoms with van der Waals surface area (Å²) < 4.78 is 11.2. The number of aryl methyl sites for hydroxylation is 1. The van der Waals surface area contributed by atoms with Crippen molar-refractivity contribution in [3.05, 3.63) is 53.6 Å². The molecule has 2 aromatic rings. The summed E-state index contributed by atoms with van der Waals surface area (Å²) in [6.45, 7) is 3.96. The summed E-state index contributed by atoms with van der Waals surface area (Å²) in [6.07, 6.45) is 1.36. The number of likely N-dealkylation sites (N-methyl/N-ethyl adjacent to an activating group) is 1. The van der Waals surface area contributed by atoms with Gasteiger partial charge < -0.3 is 20.1 Å². The van der Waals surface area contributed by atoms with E-state index < -0.39 is 11.8 Å². The van der Waals surface area contributed by atoms with Crippen LogP contribution < -0.4 is 25.5 Å². The third-order valence-electron chi connectivity index (χ3n) is 3.74. The largest absolute Gasteiger partial charge is 0.490 e. The highest BCUT2D eigenvalue weighted by Gasteiger charge is 2.11. The van der Waals surface area contributed by atoms with Gasteiger partial charge in [0.2, 0.25) is 0 Å². The van der Waals surface area contributed by atoms with Crippen LogP contribution >= 0.6 is 0 Å². The molecule has 0 aromatic heterocycles. The maximum Gasteiger partial charge on any atom is 0.329 e. The molecule has 0 aliphatic heterocycles. The van der Waals surface area contributed by atoms with E-state index in [4.69, 9.17) is 9.47 Å². The summed E-state index contributed by atoms with van der Waals surface area (Å²) in [4.78, 5) is 34.6. The molecule has 158 valence electrons. The Hall–Kier alpha value is -3.88. The topological polar surface area (TPSA) is 118 Å². The van der Waals surface area contributed by atoms with Gasteiger partial charge in [-0.25, -0.2) is 5.43 Å². The van der Waals surface area contributed by atoms with E-state index in [1.807, 2.05) is 32.0 Å². The molecule has 2 aromatic carbocycles. The second kappa shape index (κ2) is 11.2. The van der Waals surface area contributed by atoms with Gasteiger partial charge in [0.1, 0.15) is 0 Å². The zero-order chi connectivity index (χ0) is 21.9. The number of nitrogens with one attached hydrogen (secondary N) is 3. The lowest BCUT2D eigenvalue weighted by Gasteiger charge is -2.13. The molecule has 30 heavy (non-hydrogen) atoms. The van der Waals surface area contributed by atoms with Crippen LogP contribution in [-0.4, -0.2) is 44.2 Å². The fourth-order valence-corrected chi connectivity index (χ4v) is 2.39. The van der Waals surface area contributed by atoms with Crippen molar-refractivity contribution in [1.82, 2.24) is 10.7 Å². The van der Waals surface area contributed by atoms with Crippen molar-refractivity contribution in [3.8, 4) is 11.5 Å². The summed E-state index contributed by atoms with van der Waals surface area (Å²) in [5.41, 5.74) is 4.44. The molecule has 3 amide bonds. The number of hydrogen-bond acceptors (Lipinski definition) is 6. The minimum Gasteiger partial charge on any atom is -0.490 e. The smallest absolute Gasteiger partial charge is 0.329 e. The highest BCUT2D eigenvalue weighted by atomic mass is 16.5. The molecule has 0 saturated heterocycles. The molecule has 0 saturated carbocycles. The number of carbonyl (C=O) groups is 3. The summed E-state index contributed by atoms with van der Waals surface area (Å²) >= 11 is 0. The third-order valence-corrected chi connectivity index (χ3v) is 3.74. The van der Waals surface area contributed by atoms with Crippen LogP contribution in [0.25, 0.3) is 0 Å². The molecule has 0 unspecified atom stereocenters. The fraction of sp³-hybridized carbons (Fsp3) is 0.238. The molecular formula is C21H24N4O5. The Kier molecular flexibility index (Phi) is 8.37. The Morgan fingerprint density at radius 3 is 2.53 bits per heavy atom. The van der Waals surface area contributed by atoms with Gasteiger partial charge in [0.05, 0.1) is 12.8 Å². The molecule has 0 radical (unpaired) electrons. The van der Waals surface area contributed by atoms with Crippen LogP contribution in [-0.2, 0) is 14.4 Å². The van der Waals surface area contributed by atoms with E-state index >= 15 is 0 Å². The summed E-state index contributed by atoms with van der Waals surface area (Å²) in [7, 11) is 1.35. The molecule has 0 spiro atoms. The predicted molar refractivity (Wildman–Crippen MR) is 113 cm³/mol. The Bertz CT molecular complexity index is 943. The first-order chi connectivity index (χ1) is 14.4. The van der Waals surface area contributed by atoms with Crippen molar-refractivity contribution in [2.75, 3.05) is 25.6 Å². The molecule has 0 aliphatic rings. The number of ether oxygens (including phenoxy) is 2. The Morgan fingerprint density at radius 2 is 1.83 bits per heavy atom. The maximum atomic E-state index is 12.1. The van der Waals surface area contributed by atoms with Crippen LogP contribution in [0.2, 0.25) is 0 Å². The molecule has 0 aliphatic carbocycles. The van der Waals surface area contributed by atoms with Crippen molar-refractivity contribution in [1.29, 1.82) is 0 Å². The normalized spacial score (nSPS) is 10.4. The first-order valence-corrected chi connectivity index (χ1v) is 9.24. The molecule has 0 heterocycles. The van der Waals surface area contributed by atoms with E-state index in [9.17, 15) is 14.4 Å². The van der Waals surface area contributed by atoms with Gasteiger partial charge in [0.25, 0.3) is 5.91 Å².